The zero-order valence-corrected chi connectivity index (χ0v) is 34.5. The van der Waals surface area contributed by atoms with Gasteiger partial charge in [-0.1, -0.05) is 6.92 Å². The maximum atomic E-state index is 14.3. The zero-order valence-electron chi connectivity index (χ0n) is 34.5. The van der Waals surface area contributed by atoms with Crippen LogP contribution in [-0.4, -0.2) is 141 Å². The maximum absolute atomic E-state index is 14.3. The first-order valence-corrected chi connectivity index (χ1v) is 22.0. The van der Waals surface area contributed by atoms with Crippen molar-refractivity contribution in [2.75, 3.05) is 39.9 Å². The number of ether oxygens (including phenoxy) is 3. The van der Waals surface area contributed by atoms with Crippen LogP contribution in [0.25, 0.3) is 0 Å². The fourth-order valence-electron chi connectivity index (χ4n) is 11.4. The van der Waals surface area contributed by atoms with Gasteiger partial charge in [-0.05, 0) is 112 Å². The van der Waals surface area contributed by atoms with Crippen LogP contribution < -0.4 is 9.47 Å². The average molecular weight is 823 g/mol. The zero-order chi connectivity index (χ0) is 41.4. The SMILES string of the molecule is CCN(C)C1CCCC1Oc1ccc2c(c1)CN(C1CCC(=O)N(N3C(=O)CCC(N4Cc5cc(O[C@H]6CCC[C@@H]6N6C[C@H]7COC[C@H]7C6)ccc5C4=O)C3=O)C1=O)C2=O. The number of hydrazine groups is 1. The van der Waals surface area contributed by atoms with Crippen molar-refractivity contribution in [2.45, 2.75) is 121 Å². The molecule has 60 heavy (non-hydrogen) atoms. The van der Waals surface area contributed by atoms with Gasteiger partial charge >= 0.3 is 0 Å². The molecule has 2 aromatic rings. The van der Waals surface area contributed by atoms with E-state index in [2.05, 4.69) is 23.8 Å². The van der Waals surface area contributed by atoms with E-state index in [1.54, 1.807) is 18.2 Å². The number of hydrogen-bond donors (Lipinski definition) is 0. The Bertz CT molecular complexity index is 2120. The molecule has 15 nitrogen and oxygen atoms in total. The third-order valence-electron chi connectivity index (χ3n) is 14.7. The van der Waals surface area contributed by atoms with Crippen molar-refractivity contribution >= 4 is 35.4 Å². The Balaban J connectivity index is 0.812. The molecule has 6 fully saturated rings. The molecule has 2 aromatic carbocycles. The van der Waals surface area contributed by atoms with E-state index in [-0.39, 0.29) is 62.8 Å². The standard InChI is InChI=1S/C45H54N6O9/c1-3-46(2)34-6-4-8-38(34)59-30-10-12-32-26(18-30)22-48(42(32)54)36-14-16-40(52)50(44(36)56)51-41(53)17-15-37(45(51)57)49-23-27-19-31(11-13-33(27)43(49)55)60-39-9-5-7-35(39)47-20-28-24-58-25-29(28)21-47/h10-13,18-19,28-29,34-39H,3-9,14-17,20-25H2,1-2H3/t28-,29+,34?,35-,36?,37?,38?,39-/m0/s1. The second kappa shape index (κ2) is 15.6. The van der Waals surface area contributed by atoms with Crippen molar-refractivity contribution in [2.24, 2.45) is 11.8 Å². The Morgan fingerprint density at radius 1 is 0.667 bits per heavy atom. The summed E-state index contributed by atoms with van der Waals surface area (Å²) >= 11 is 0. The summed E-state index contributed by atoms with van der Waals surface area (Å²) in [6.07, 6.45) is 6.11. The van der Waals surface area contributed by atoms with E-state index in [1.165, 1.54) is 9.80 Å². The minimum absolute atomic E-state index is 0.0337. The number of benzene rings is 2. The Labute approximate surface area is 349 Å². The van der Waals surface area contributed by atoms with E-state index in [4.69, 9.17) is 14.2 Å². The summed E-state index contributed by atoms with van der Waals surface area (Å²) in [5.41, 5.74) is 2.34. The van der Waals surface area contributed by atoms with Crippen LogP contribution in [0.4, 0.5) is 0 Å². The van der Waals surface area contributed by atoms with Crippen LogP contribution in [0, 0.1) is 11.8 Å². The van der Waals surface area contributed by atoms with E-state index in [9.17, 15) is 28.8 Å². The minimum Gasteiger partial charge on any atom is -0.489 e. The van der Waals surface area contributed by atoms with Crippen molar-refractivity contribution in [3.05, 3.63) is 58.7 Å². The van der Waals surface area contributed by atoms with Gasteiger partial charge in [-0.25, -0.2) is 0 Å². The molecule has 6 aliphatic heterocycles. The van der Waals surface area contributed by atoms with Crippen LogP contribution in [0.3, 0.4) is 0 Å². The first kappa shape index (κ1) is 39.3. The Morgan fingerprint density at radius 2 is 1.18 bits per heavy atom. The number of fused-ring (bicyclic) bond motifs is 3. The van der Waals surface area contributed by atoms with Gasteiger partial charge in [-0.2, -0.15) is 10.0 Å². The quantitative estimate of drug-likeness (QED) is 0.325. The lowest BCUT2D eigenvalue weighted by atomic mass is 10.0. The summed E-state index contributed by atoms with van der Waals surface area (Å²) in [4.78, 5) is 91.0. The highest BCUT2D eigenvalue weighted by Crippen LogP contribution is 2.39. The number of carbonyl (C=O) groups is 6. The van der Waals surface area contributed by atoms with Crippen LogP contribution in [0.5, 0.6) is 11.5 Å². The molecule has 0 bridgehead atoms. The van der Waals surface area contributed by atoms with Gasteiger partial charge in [0.25, 0.3) is 23.6 Å². The van der Waals surface area contributed by atoms with Crippen molar-refractivity contribution < 1.29 is 43.0 Å². The Kier molecular flexibility index (Phi) is 10.2. The number of carbonyl (C=O) groups excluding carboxylic acids is 6. The molecule has 4 saturated heterocycles. The van der Waals surface area contributed by atoms with Crippen molar-refractivity contribution in [1.82, 2.24) is 29.6 Å². The lowest BCUT2D eigenvalue weighted by Gasteiger charge is -2.43. The van der Waals surface area contributed by atoms with E-state index < -0.39 is 35.7 Å². The smallest absolute Gasteiger partial charge is 0.271 e. The number of likely N-dealkylation sites (N-methyl/N-ethyl adjacent to an activating group) is 1. The molecule has 0 radical (unpaired) electrons. The largest absolute Gasteiger partial charge is 0.489 e. The van der Waals surface area contributed by atoms with Gasteiger partial charge in [0, 0.05) is 74.1 Å². The molecule has 15 heteroatoms. The number of nitrogens with zero attached hydrogens (tertiary/aromatic N) is 6. The van der Waals surface area contributed by atoms with E-state index in [0.29, 0.717) is 62.1 Å². The van der Waals surface area contributed by atoms with Gasteiger partial charge in [0.05, 0.1) is 13.2 Å². The first-order chi connectivity index (χ1) is 29.1. The third kappa shape index (κ3) is 6.67. The molecular weight excluding hydrogens is 769 g/mol. The van der Waals surface area contributed by atoms with Gasteiger partial charge < -0.3 is 28.9 Å². The van der Waals surface area contributed by atoms with Crippen LogP contribution in [0.15, 0.2) is 36.4 Å². The fraction of sp³-hybridized carbons (Fsp3) is 0.600. The van der Waals surface area contributed by atoms with Crippen LogP contribution in [0.2, 0.25) is 0 Å². The minimum atomic E-state index is -1.07. The second-order valence-corrected chi connectivity index (χ2v) is 18.1. The van der Waals surface area contributed by atoms with Crippen LogP contribution in [-0.2, 0) is 37.0 Å². The predicted octanol–water partition coefficient (Wildman–Crippen LogP) is 3.38. The van der Waals surface area contributed by atoms with Gasteiger partial charge in [-0.3, -0.25) is 33.7 Å². The normalized spacial score (nSPS) is 31.9. The number of rotatable bonds is 10. The molecule has 2 saturated carbocycles. The summed E-state index contributed by atoms with van der Waals surface area (Å²) < 4.78 is 18.7. The van der Waals surface area contributed by atoms with E-state index in [0.717, 1.165) is 76.9 Å². The molecule has 6 amide bonds. The van der Waals surface area contributed by atoms with Crippen LogP contribution in [0.1, 0.15) is 103 Å². The molecule has 318 valence electrons. The fourth-order valence-corrected chi connectivity index (χ4v) is 11.4. The van der Waals surface area contributed by atoms with Gasteiger partial charge in [-0.15, -0.1) is 0 Å². The predicted molar refractivity (Wildman–Crippen MR) is 214 cm³/mol. The van der Waals surface area contributed by atoms with Crippen molar-refractivity contribution in [3.8, 4) is 11.5 Å². The summed E-state index contributed by atoms with van der Waals surface area (Å²) in [6, 6.07) is 9.30. The topological polar surface area (TPSA) is 150 Å². The Hall–Kier alpha value is -4.86. The van der Waals surface area contributed by atoms with Crippen LogP contribution >= 0.6 is 0 Å². The molecule has 10 rings (SSSR count). The van der Waals surface area contributed by atoms with Gasteiger partial charge in [0.15, 0.2) is 0 Å². The lowest BCUT2D eigenvalue weighted by Crippen LogP contribution is -2.67. The molecular formula is C45H54N6O9. The first-order valence-electron chi connectivity index (χ1n) is 22.0. The second-order valence-electron chi connectivity index (χ2n) is 18.1. The maximum Gasteiger partial charge on any atom is 0.271 e. The number of amides is 6. The van der Waals surface area contributed by atoms with Gasteiger partial charge in [0.1, 0.15) is 35.8 Å². The highest BCUT2D eigenvalue weighted by molar-refractivity contribution is 6.11. The molecule has 4 unspecified atom stereocenters. The highest BCUT2D eigenvalue weighted by atomic mass is 16.5. The average Bonchev–Trinajstić information content (AvgIpc) is 4.10. The summed E-state index contributed by atoms with van der Waals surface area (Å²) in [6.45, 7) is 7.03. The molecule has 2 aliphatic carbocycles. The molecule has 0 spiro atoms. The van der Waals surface area contributed by atoms with E-state index >= 15 is 0 Å². The summed E-state index contributed by atoms with van der Waals surface area (Å²) in [7, 11) is 2.10. The monoisotopic (exact) mass is 822 g/mol. The number of piperidine rings is 2. The van der Waals surface area contributed by atoms with Crippen molar-refractivity contribution in [1.29, 1.82) is 0 Å². The number of imide groups is 2. The number of hydrogen-bond acceptors (Lipinski definition) is 11. The highest BCUT2D eigenvalue weighted by Gasteiger charge is 2.52. The molecule has 0 aromatic heterocycles. The number of likely N-dealkylation sites (tertiary alicyclic amines) is 1. The molecule has 8 aliphatic rings. The van der Waals surface area contributed by atoms with Gasteiger partial charge in [0.2, 0.25) is 11.8 Å². The molecule has 8 atom stereocenters. The van der Waals surface area contributed by atoms with Crippen molar-refractivity contribution in [3.63, 3.8) is 0 Å². The summed E-state index contributed by atoms with van der Waals surface area (Å²) in [5.74, 6) is -1.21. The lowest BCUT2D eigenvalue weighted by molar-refractivity contribution is -0.189. The van der Waals surface area contributed by atoms with E-state index in [1.807, 2.05) is 18.2 Å². The molecule has 0 N–H and O–H groups in total. The summed E-state index contributed by atoms with van der Waals surface area (Å²) in [5, 5.41) is 1.28. The third-order valence-corrected chi connectivity index (χ3v) is 14.7. The molecule has 6 heterocycles. The Morgan fingerprint density at radius 3 is 1.73 bits per heavy atom.